The number of rotatable bonds is 11. The number of aromatic carboxylic acids is 1. The van der Waals surface area contributed by atoms with E-state index in [1.165, 1.54) is 48.6 Å². The molecule has 13 heteroatoms. The van der Waals surface area contributed by atoms with Crippen LogP contribution in [0, 0.1) is 5.82 Å². The van der Waals surface area contributed by atoms with Gasteiger partial charge in [0.25, 0.3) is 6.47 Å². The summed E-state index contributed by atoms with van der Waals surface area (Å²) in [5, 5.41) is 26.4. The van der Waals surface area contributed by atoms with Crippen LogP contribution in [0.2, 0.25) is 0 Å². The SMILES string of the molecule is O=C(/C=C/c1ccc(O)cc1)c1ccccc1.O=C(O)c1ccc(Oc2ccc(/C=C/C(=O)c3ccccc3)cc2)cc1.O=CO[O-].O=Cc1ccc(F)cc1.[K+].[K]. The van der Waals surface area contributed by atoms with Gasteiger partial charge in [-0.2, -0.15) is 0 Å². The molecule has 283 valence electrons. The van der Waals surface area contributed by atoms with E-state index in [1.54, 1.807) is 84.9 Å². The van der Waals surface area contributed by atoms with Gasteiger partial charge in [-0.3, -0.25) is 19.2 Å². The topological polar surface area (TPSA) is 167 Å². The number of carbonyl (C=O) groups excluding carboxylic acids is 4. The van der Waals surface area contributed by atoms with Crippen molar-refractivity contribution in [1.29, 1.82) is 0 Å². The first kappa shape index (κ1) is 51.5. The minimum atomic E-state index is -0.974. The van der Waals surface area contributed by atoms with E-state index in [4.69, 9.17) is 25.0 Å². The number of ketones is 2. The van der Waals surface area contributed by atoms with Crippen LogP contribution in [0.15, 0.2) is 170 Å². The molecule has 58 heavy (non-hydrogen) atoms. The smallest absolute Gasteiger partial charge is 0.662 e. The minimum Gasteiger partial charge on any atom is -0.662 e. The van der Waals surface area contributed by atoms with Gasteiger partial charge in [0, 0.05) is 68.1 Å². The van der Waals surface area contributed by atoms with Gasteiger partial charge in [0.2, 0.25) is 0 Å². The molecular weight excluding hydrogens is 798 g/mol. The molecular formula is C45H34FK2O10. The monoisotopic (exact) mass is 831 g/mol. The van der Waals surface area contributed by atoms with Gasteiger partial charge in [0.15, 0.2) is 11.6 Å². The number of carboxylic acids is 1. The third-order valence-electron chi connectivity index (χ3n) is 7.13. The van der Waals surface area contributed by atoms with Crippen molar-refractivity contribution >= 4 is 93.8 Å². The number of hydrogen-bond donors (Lipinski definition) is 2. The van der Waals surface area contributed by atoms with Crippen LogP contribution in [0.5, 0.6) is 17.2 Å². The normalized spacial score (nSPS) is 9.62. The molecule has 0 saturated heterocycles. The van der Waals surface area contributed by atoms with E-state index < -0.39 is 5.97 Å². The van der Waals surface area contributed by atoms with Crippen molar-refractivity contribution in [2.75, 3.05) is 0 Å². The number of hydrogen-bond acceptors (Lipinski definition) is 9. The minimum absolute atomic E-state index is 0. The van der Waals surface area contributed by atoms with Crippen molar-refractivity contribution in [3.63, 3.8) is 0 Å². The van der Waals surface area contributed by atoms with Gasteiger partial charge in [-0.05, 0) is 96.1 Å². The molecule has 0 atom stereocenters. The molecule has 1 radical (unpaired) electrons. The van der Waals surface area contributed by atoms with Crippen LogP contribution < -0.4 is 61.4 Å². The number of halogens is 1. The van der Waals surface area contributed by atoms with Crippen LogP contribution in [0.3, 0.4) is 0 Å². The van der Waals surface area contributed by atoms with E-state index in [0.717, 1.165) is 11.1 Å². The average molecular weight is 832 g/mol. The summed E-state index contributed by atoms with van der Waals surface area (Å²) in [5.41, 5.74) is 3.78. The van der Waals surface area contributed by atoms with E-state index >= 15 is 0 Å². The molecule has 0 fully saturated rings. The summed E-state index contributed by atoms with van der Waals surface area (Å²) in [4.78, 5) is 55.9. The largest absolute Gasteiger partial charge is 1.00 e. The fourth-order valence-electron chi connectivity index (χ4n) is 4.32. The Kier molecular flexibility index (Phi) is 26.4. The summed E-state index contributed by atoms with van der Waals surface area (Å²) in [6.07, 6.45) is 7.23. The molecule has 0 bridgehead atoms. The van der Waals surface area contributed by atoms with Crippen LogP contribution in [-0.2, 0) is 9.68 Å². The number of benzene rings is 6. The van der Waals surface area contributed by atoms with Gasteiger partial charge in [0.05, 0.1) is 5.56 Å². The van der Waals surface area contributed by atoms with Crippen molar-refractivity contribution in [2.45, 2.75) is 0 Å². The molecule has 0 aliphatic heterocycles. The second kappa shape index (κ2) is 29.7. The standard InChI is InChI=1S/C22H16O4.C15H12O2.C7H5FO.CH2O3.2K/c23-21(17-4-2-1-3-5-17)15-8-16-6-11-19(12-7-16)26-20-13-9-18(10-14-20)22(24)25;16-14-9-6-12(7-10-14)8-11-15(17)13-4-2-1-3-5-13;8-7-3-1-6(5-9)2-4-7;2-1-4-3;;/h1-15H,(H,24,25);1-11,16H;1-5H;1,3H;;/q;;;;;+1/p-1/b15-8+;11-8+;;;;. The Hall–Kier alpha value is -4.49. The molecule has 0 aliphatic rings. The van der Waals surface area contributed by atoms with Crippen LogP contribution in [-0.4, -0.2) is 91.9 Å². The van der Waals surface area contributed by atoms with Crippen LogP contribution >= 0.6 is 0 Å². The van der Waals surface area contributed by atoms with Crippen LogP contribution in [0.1, 0.15) is 52.6 Å². The first-order valence-electron chi connectivity index (χ1n) is 16.5. The molecule has 2 N–H and O–H groups in total. The second-order valence-corrected chi connectivity index (χ2v) is 11.1. The molecule has 0 unspecified atom stereocenters. The summed E-state index contributed by atoms with van der Waals surface area (Å²) >= 11 is 0. The Morgan fingerprint density at radius 1 is 0.552 bits per heavy atom. The molecule has 0 heterocycles. The summed E-state index contributed by atoms with van der Waals surface area (Å²) in [5.74, 6) is 0.0233. The maximum atomic E-state index is 12.1. The number of carboxylic acid groups (broad SMARTS) is 1. The van der Waals surface area contributed by atoms with Gasteiger partial charge >= 0.3 is 57.4 Å². The fraction of sp³-hybridized carbons (Fsp3) is 0. The number of aldehydes is 1. The third kappa shape index (κ3) is 20.3. The first-order valence-corrected chi connectivity index (χ1v) is 16.5. The van der Waals surface area contributed by atoms with Crippen molar-refractivity contribution in [3.8, 4) is 17.2 Å². The molecule has 6 aromatic rings. The number of aromatic hydroxyl groups is 1. The zero-order valence-corrected chi connectivity index (χ0v) is 37.8. The zero-order valence-electron chi connectivity index (χ0n) is 31.5. The van der Waals surface area contributed by atoms with Crippen molar-refractivity contribution in [3.05, 3.63) is 209 Å². The molecule has 0 spiro atoms. The number of phenols is 1. The average Bonchev–Trinajstić information content (AvgIpc) is 3.24. The maximum absolute atomic E-state index is 12.1. The fourth-order valence-corrected chi connectivity index (χ4v) is 4.32. The van der Waals surface area contributed by atoms with E-state index in [2.05, 4.69) is 4.89 Å². The Morgan fingerprint density at radius 2 is 0.931 bits per heavy atom. The maximum Gasteiger partial charge on any atom is 1.00 e. The van der Waals surface area contributed by atoms with Crippen LogP contribution in [0.4, 0.5) is 4.39 Å². The quantitative estimate of drug-likeness (QED) is 0.0450. The third-order valence-corrected chi connectivity index (χ3v) is 7.13. The molecule has 6 rings (SSSR count). The predicted molar refractivity (Wildman–Crippen MR) is 212 cm³/mol. The summed E-state index contributed by atoms with van der Waals surface area (Å²) in [6.45, 7) is -0.181. The molecule has 0 aromatic heterocycles. The van der Waals surface area contributed by atoms with Crippen molar-refractivity contribution < 1.29 is 105 Å². The molecule has 6 aromatic carbocycles. The second-order valence-electron chi connectivity index (χ2n) is 11.1. The summed E-state index contributed by atoms with van der Waals surface area (Å²) < 4.78 is 17.8. The predicted octanol–water partition coefficient (Wildman–Crippen LogP) is 5.06. The molecule has 0 amide bonds. The first-order chi connectivity index (χ1) is 27.1. The summed E-state index contributed by atoms with van der Waals surface area (Å²) in [6, 6.07) is 43.7. The number of ether oxygens (including phenoxy) is 1. The van der Waals surface area contributed by atoms with Gasteiger partial charge < -0.3 is 25.1 Å². The molecule has 0 saturated carbocycles. The van der Waals surface area contributed by atoms with E-state index in [0.29, 0.717) is 34.5 Å². The van der Waals surface area contributed by atoms with Crippen LogP contribution in [0.25, 0.3) is 12.2 Å². The van der Waals surface area contributed by atoms with Crippen molar-refractivity contribution in [2.24, 2.45) is 0 Å². The Morgan fingerprint density at radius 3 is 1.31 bits per heavy atom. The molecule has 10 nitrogen and oxygen atoms in total. The number of phenolic OH excluding ortho intramolecular Hbond substituents is 1. The van der Waals surface area contributed by atoms with Crippen molar-refractivity contribution in [1.82, 2.24) is 0 Å². The number of allylic oxidation sites excluding steroid dienone is 2. The van der Waals surface area contributed by atoms with Gasteiger partial charge in [-0.25, -0.2) is 9.18 Å². The zero-order chi connectivity index (χ0) is 40.5. The van der Waals surface area contributed by atoms with E-state index in [-0.39, 0.29) is 138 Å². The number of carbonyl (C=O) groups is 5. The Balaban J connectivity index is 0.000000450. The van der Waals surface area contributed by atoms with Gasteiger partial charge in [-0.1, -0.05) is 97.1 Å². The molecule has 0 aliphatic carbocycles. The van der Waals surface area contributed by atoms with E-state index in [9.17, 15) is 23.6 Å². The van der Waals surface area contributed by atoms with Gasteiger partial charge in [0.1, 0.15) is 29.4 Å². The Labute approximate surface area is 419 Å². The Bertz CT molecular complexity index is 2190. The van der Waals surface area contributed by atoms with E-state index in [1.807, 2.05) is 48.5 Å². The summed E-state index contributed by atoms with van der Waals surface area (Å²) in [7, 11) is 0. The van der Waals surface area contributed by atoms with Gasteiger partial charge in [-0.15, -0.1) is 0 Å².